The summed E-state index contributed by atoms with van der Waals surface area (Å²) in [5.74, 6) is 0.670. The van der Waals surface area contributed by atoms with Crippen molar-refractivity contribution in [3.05, 3.63) is 56.8 Å². The topological polar surface area (TPSA) is 12.0 Å². The number of hydrogen-bond acceptors (Lipinski definition) is 2. The van der Waals surface area contributed by atoms with Crippen LogP contribution in [0.1, 0.15) is 45.9 Å². The summed E-state index contributed by atoms with van der Waals surface area (Å²) >= 11 is 1.94. The molecule has 0 radical (unpaired) electrons. The molecule has 0 aliphatic heterocycles. The van der Waals surface area contributed by atoms with E-state index in [1.807, 2.05) is 11.3 Å². The van der Waals surface area contributed by atoms with E-state index in [0.717, 1.165) is 6.42 Å². The van der Waals surface area contributed by atoms with Gasteiger partial charge in [0.05, 0.1) is 0 Å². The molecule has 21 heavy (non-hydrogen) atoms. The van der Waals surface area contributed by atoms with Gasteiger partial charge in [-0.25, -0.2) is 0 Å². The van der Waals surface area contributed by atoms with Crippen LogP contribution in [0.25, 0.3) is 0 Å². The molecule has 2 unspecified atom stereocenters. The Hall–Kier alpha value is -1.12. The maximum Gasteiger partial charge on any atom is 0.0174 e. The van der Waals surface area contributed by atoms with Crippen molar-refractivity contribution in [1.82, 2.24) is 5.32 Å². The minimum Gasteiger partial charge on any atom is -0.316 e. The molecule has 2 aromatic rings. The second-order valence-corrected chi connectivity index (χ2v) is 7.27. The van der Waals surface area contributed by atoms with Crippen LogP contribution in [0.15, 0.2) is 29.6 Å². The molecule has 0 saturated heterocycles. The molecule has 1 aliphatic rings. The summed E-state index contributed by atoms with van der Waals surface area (Å²) in [6.07, 6.45) is 5.07. The van der Waals surface area contributed by atoms with Gasteiger partial charge in [0.1, 0.15) is 0 Å². The third-order valence-corrected chi connectivity index (χ3v) is 6.02. The number of likely N-dealkylation sites (N-methyl/N-ethyl adjacent to an activating group) is 1. The van der Waals surface area contributed by atoms with Gasteiger partial charge in [-0.2, -0.15) is 0 Å². The molecule has 1 aliphatic carbocycles. The Balaban J connectivity index is 1.87. The number of benzene rings is 1. The highest BCUT2D eigenvalue weighted by Gasteiger charge is 2.28. The van der Waals surface area contributed by atoms with Gasteiger partial charge in [-0.1, -0.05) is 18.2 Å². The maximum atomic E-state index is 3.61. The highest BCUT2D eigenvalue weighted by molar-refractivity contribution is 7.10. The fraction of sp³-hybridized carbons (Fsp3) is 0.474. The smallest absolute Gasteiger partial charge is 0.0174 e. The third kappa shape index (κ3) is 2.93. The summed E-state index contributed by atoms with van der Waals surface area (Å²) in [5, 5.41) is 5.88. The summed E-state index contributed by atoms with van der Waals surface area (Å²) in [6, 6.07) is 9.55. The first-order valence-corrected chi connectivity index (χ1v) is 8.87. The van der Waals surface area contributed by atoms with Crippen molar-refractivity contribution in [3.8, 4) is 0 Å². The molecular formula is C19H25NS. The molecular weight excluding hydrogens is 274 g/mol. The molecule has 3 rings (SSSR count). The van der Waals surface area contributed by atoms with E-state index in [1.165, 1.54) is 36.0 Å². The van der Waals surface area contributed by atoms with E-state index in [2.05, 4.69) is 55.9 Å². The Bertz CT molecular complexity index is 594. The van der Waals surface area contributed by atoms with Crippen LogP contribution in [0, 0.1) is 13.8 Å². The first-order chi connectivity index (χ1) is 10.2. The Morgan fingerprint density at radius 1 is 1.24 bits per heavy atom. The zero-order chi connectivity index (χ0) is 14.8. The van der Waals surface area contributed by atoms with Gasteiger partial charge in [-0.05, 0) is 80.3 Å². The minimum atomic E-state index is 0.540. The standard InChI is InChI=1S/C19H25NS/c1-13-6-4-7-14(2)17(13)12-18(20-3)15-8-5-9-19-16(15)10-11-21-19/h4,6-7,10-11,15,18,20H,5,8-9,12H2,1-3H3. The van der Waals surface area contributed by atoms with E-state index in [-0.39, 0.29) is 0 Å². The van der Waals surface area contributed by atoms with Crippen molar-refractivity contribution >= 4 is 11.3 Å². The Kier molecular flexibility index (Phi) is 4.46. The molecule has 112 valence electrons. The zero-order valence-corrected chi connectivity index (χ0v) is 14.1. The molecule has 0 saturated carbocycles. The molecule has 0 bridgehead atoms. The normalized spacial score (nSPS) is 19.3. The van der Waals surface area contributed by atoms with Gasteiger partial charge in [0.2, 0.25) is 0 Å². The van der Waals surface area contributed by atoms with Crippen LogP contribution in [0.3, 0.4) is 0 Å². The van der Waals surface area contributed by atoms with Gasteiger partial charge >= 0.3 is 0 Å². The second kappa shape index (κ2) is 6.33. The average Bonchev–Trinajstić information content (AvgIpc) is 2.96. The average molecular weight is 299 g/mol. The number of aryl methyl sites for hydroxylation is 3. The zero-order valence-electron chi connectivity index (χ0n) is 13.3. The van der Waals surface area contributed by atoms with Crippen LogP contribution in [-0.2, 0) is 12.8 Å². The molecule has 2 heteroatoms. The molecule has 0 amide bonds. The van der Waals surface area contributed by atoms with E-state index in [0.29, 0.717) is 12.0 Å². The van der Waals surface area contributed by atoms with Crippen LogP contribution >= 0.6 is 11.3 Å². The van der Waals surface area contributed by atoms with Gasteiger partial charge in [0.25, 0.3) is 0 Å². The van der Waals surface area contributed by atoms with Crippen molar-refractivity contribution in [2.75, 3.05) is 7.05 Å². The summed E-state index contributed by atoms with van der Waals surface area (Å²) in [7, 11) is 2.12. The molecule has 1 N–H and O–H groups in total. The van der Waals surface area contributed by atoms with E-state index in [9.17, 15) is 0 Å². The van der Waals surface area contributed by atoms with Crippen LogP contribution in [0.5, 0.6) is 0 Å². The van der Waals surface area contributed by atoms with Crippen LogP contribution in [0.2, 0.25) is 0 Å². The summed E-state index contributed by atoms with van der Waals surface area (Å²) in [5.41, 5.74) is 5.99. The SMILES string of the molecule is CNC(Cc1c(C)cccc1C)C1CCCc2sccc21. The fourth-order valence-corrected chi connectivity index (χ4v) is 4.77. The molecule has 1 aromatic heterocycles. The van der Waals surface area contributed by atoms with Crippen LogP contribution < -0.4 is 5.32 Å². The van der Waals surface area contributed by atoms with Crippen molar-refractivity contribution < 1.29 is 0 Å². The third-order valence-electron chi connectivity index (χ3n) is 5.02. The van der Waals surface area contributed by atoms with Gasteiger partial charge in [-0.15, -0.1) is 11.3 Å². The first-order valence-electron chi connectivity index (χ1n) is 7.99. The number of thiophene rings is 1. The van der Waals surface area contributed by atoms with Crippen LogP contribution in [-0.4, -0.2) is 13.1 Å². The lowest BCUT2D eigenvalue weighted by molar-refractivity contribution is 0.413. The number of hydrogen-bond donors (Lipinski definition) is 1. The Labute approximate surface area is 132 Å². The van der Waals surface area contributed by atoms with Gasteiger partial charge in [0.15, 0.2) is 0 Å². The largest absolute Gasteiger partial charge is 0.316 e. The summed E-state index contributed by atoms with van der Waals surface area (Å²) in [6.45, 7) is 4.48. The van der Waals surface area contributed by atoms with E-state index >= 15 is 0 Å². The number of nitrogens with one attached hydrogen (secondary N) is 1. The van der Waals surface area contributed by atoms with E-state index in [4.69, 9.17) is 0 Å². The van der Waals surface area contributed by atoms with Gasteiger partial charge in [-0.3, -0.25) is 0 Å². The molecule has 0 spiro atoms. The maximum absolute atomic E-state index is 3.61. The van der Waals surface area contributed by atoms with E-state index < -0.39 is 0 Å². The van der Waals surface area contributed by atoms with Crippen LogP contribution in [0.4, 0.5) is 0 Å². The highest BCUT2D eigenvalue weighted by atomic mass is 32.1. The second-order valence-electron chi connectivity index (χ2n) is 6.27. The molecule has 1 heterocycles. The highest BCUT2D eigenvalue weighted by Crippen LogP contribution is 2.38. The summed E-state index contributed by atoms with van der Waals surface area (Å²) < 4.78 is 0. The summed E-state index contributed by atoms with van der Waals surface area (Å²) in [4.78, 5) is 1.62. The van der Waals surface area contributed by atoms with E-state index in [1.54, 1.807) is 10.4 Å². The quantitative estimate of drug-likeness (QED) is 0.869. The predicted octanol–water partition coefficient (Wildman–Crippen LogP) is 4.62. The Morgan fingerprint density at radius 3 is 2.71 bits per heavy atom. The lowest BCUT2D eigenvalue weighted by Gasteiger charge is -2.31. The Morgan fingerprint density at radius 2 is 2.00 bits per heavy atom. The van der Waals surface area contributed by atoms with Crippen molar-refractivity contribution in [2.45, 2.75) is 51.5 Å². The van der Waals surface area contributed by atoms with Gasteiger partial charge in [0, 0.05) is 16.8 Å². The monoisotopic (exact) mass is 299 g/mol. The number of fused-ring (bicyclic) bond motifs is 1. The number of rotatable bonds is 4. The molecule has 1 nitrogen and oxygen atoms in total. The van der Waals surface area contributed by atoms with Gasteiger partial charge < -0.3 is 5.32 Å². The lowest BCUT2D eigenvalue weighted by atomic mass is 9.79. The molecule has 2 atom stereocenters. The minimum absolute atomic E-state index is 0.540. The fourth-order valence-electron chi connectivity index (χ4n) is 3.78. The van der Waals surface area contributed by atoms with Crippen molar-refractivity contribution in [3.63, 3.8) is 0 Å². The molecule has 1 aromatic carbocycles. The first kappa shape index (κ1) is 14.8. The predicted molar refractivity (Wildman–Crippen MR) is 92.5 cm³/mol. The molecule has 0 fully saturated rings. The van der Waals surface area contributed by atoms with Crippen molar-refractivity contribution in [2.24, 2.45) is 0 Å². The van der Waals surface area contributed by atoms with Crippen molar-refractivity contribution in [1.29, 1.82) is 0 Å². The lowest BCUT2D eigenvalue weighted by Crippen LogP contribution is -2.36.